The van der Waals surface area contributed by atoms with E-state index in [0.29, 0.717) is 18.1 Å². The van der Waals surface area contributed by atoms with E-state index in [2.05, 4.69) is 26.5 Å². The Kier molecular flexibility index (Phi) is 4.30. The molecule has 2 nitrogen and oxygen atoms in total. The maximum absolute atomic E-state index is 11.4. The molecular weight excluding hydrogens is 196 g/mol. The van der Waals surface area contributed by atoms with Gasteiger partial charge in [-0.3, -0.25) is 4.79 Å². The molecule has 1 rings (SSSR count). The molecular formula is C11H20O2S. The molecule has 0 saturated heterocycles. The number of carbonyl (C=O) groups excluding carboxylic acids is 1. The number of esters is 1. The van der Waals surface area contributed by atoms with Gasteiger partial charge < -0.3 is 4.74 Å². The van der Waals surface area contributed by atoms with Gasteiger partial charge in [0.05, 0.1) is 6.42 Å². The lowest BCUT2D eigenvalue weighted by molar-refractivity contribution is -0.163. The second-order valence-electron chi connectivity index (χ2n) is 4.37. The van der Waals surface area contributed by atoms with Crippen LogP contribution in [0.4, 0.5) is 0 Å². The van der Waals surface area contributed by atoms with Crippen molar-refractivity contribution in [3.63, 3.8) is 0 Å². The topological polar surface area (TPSA) is 26.3 Å². The van der Waals surface area contributed by atoms with Gasteiger partial charge in [0.15, 0.2) is 0 Å². The van der Waals surface area contributed by atoms with Crippen molar-refractivity contribution in [2.75, 3.05) is 5.75 Å². The number of thiol groups is 1. The maximum atomic E-state index is 11.4. The molecule has 3 heteroatoms. The van der Waals surface area contributed by atoms with Crippen LogP contribution in [0, 0.1) is 5.92 Å². The van der Waals surface area contributed by atoms with Crippen molar-refractivity contribution < 1.29 is 9.53 Å². The van der Waals surface area contributed by atoms with Crippen LogP contribution < -0.4 is 0 Å². The third kappa shape index (κ3) is 2.66. The molecule has 0 amide bonds. The fourth-order valence-electron chi connectivity index (χ4n) is 2.14. The Morgan fingerprint density at radius 2 is 2.00 bits per heavy atom. The Morgan fingerprint density at radius 1 is 1.43 bits per heavy atom. The van der Waals surface area contributed by atoms with Crippen LogP contribution in [0.15, 0.2) is 0 Å². The number of hydrogen-bond acceptors (Lipinski definition) is 3. The van der Waals surface area contributed by atoms with E-state index in [0.717, 1.165) is 12.8 Å². The fourth-order valence-corrected chi connectivity index (χ4v) is 2.32. The summed E-state index contributed by atoms with van der Waals surface area (Å²) in [7, 11) is 0. The van der Waals surface area contributed by atoms with E-state index in [1.807, 2.05) is 0 Å². The summed E-state index contributed by atoms with van der Waals surface area (Å²) in [5, 5.41) is 0. The largest absolute Gasteiger partial charge is 0.459 e. The Balaban J connectivity index is 2.56. The van der Waals surface area contributed by atoms with Crippen LogP contribution in [0.5, 0.6) is 0 Å². The van der Waals surface area contributed by atoms with Gasteiger partial charge in [-0.05, 0) is 31.6 Å². The van der Waals surface area contributed by atoms with Gasteiger partial charge >= 0.3 is 5.97 Å². The van der Waals surface area contributed by atoms with Crippen molar-refractivity contribution in [1.82, 2.24) is 0 Å². The highest BCUT2D eigenvalue weighted by Crippen LogP contribution is 2.39. The van der Waals surface area contributed by atoms with Gasteiger partial charge in [0.1, 0.15) is 5.60 Å². The highest BCUT2D eigenvalue weighted by molar-refractivity contribution is 7.80. The lowest BCUT2D eigenvalue weighted by Crippen LogP contribution is -2.37. The van der Waals surface area contributed by atoms with Gasteiger partial charge in [0.25, 0.3) is 0 Å². The van der Waals surface area contributed by atoms with Crippen molar-refractivity contribution >= 4 is 18.6 Å². The van der Waals surface area contributed by atoms with E-state index in [4.69, 9.17) is 4.74 Å². The highest BCUT2D eigenvalue weighted by Gasteiger charge is 2.40. The van der Waals surface area contributed by atoms with E-state index in [-0.39, 0.29) is 11.6 Å². The summed E-state index contributed by atoms with van der Waals surface area (Å²) >= 11 is 4.03. The van der Waals surface area contributed by atoms with Crippen LogP contribution in [0.25, 0.3) is 0 Å². The Labute approximate surface area is 91.8 Å². The zero-order valence-electron chi connectivity index (χ0n) is 9.08. The molecule has 0 aliphatic heterocycles. The van der Waals surface area contributed by atoms with E-state index in [1.165, 1.54) is 12.8 Å². The molecule has 0 radical (unpaired) electrons. The molecule has 1 fully saturated rings. The van der Waals surface area contributed by atoms with Crippen molar-refractivity contribution in [1.29, 1.82) is 0 Å². The first kappa shape index (κ1) is 11.9. The molecule has 0 bridgehead atoms. The van der Waals surface area contributed by atoms with Gasteiger partial charge in [0.2, 0.25) is 0 Å². The number of ether oxygens (including phenoxy) is 1. The van der Waals surface area contributed by atoms with Gasteiger partial charge in [-0.25, -0.2) is 0 Å². The van der Waals surface area contributed by atoms with Gasteiger partial charge in [0, 0.05) is 5.75 Å². The van der Waals surface area contributed by atoms with Crippen LogP contribution in [0.3, 0.4) is 0 Å². The number of hydrogen-bond donors (Lipinski definition) is 1. The quantitative estimate of drug-likeness (QED) is 0.578. The van der Waals surface area contributed by atoms with E-state index < -0.39 is 0 Å². The zero-order chi connectivity index (χ0) is 10.6. The van der Waals surface area contributed by atoms with Crippen molar-refractivity contribution in [2.45, 2.75) is 51.6 Å². The third-order valence-electron chi connectivity index (χ3n) is 3.14. The average Bonchev–Trinajstić information content (AvgIpc) is 2.54. The first-order valence-electron chi connectivity index (χ1n) is 5.43. The smallest absolute Gasteiger partial charge is 0.307 e. The Bertz CT molecular complexity index is 195. The van der Waals surface area contributed by atoms with E-state index >= 15 is 0 Å². The fraction of sp³-hybridized carbons (Fsp3) is 0.909. The summed E-state index contributed by atoms with van der Waals surface area (Å²) in [4.78, 5) is 11.4. The van der Waals surface area contributed by atoms with Crippen LogP contribution in [0.1, 0.15) is 46.0 Å². The molecule has 0 atom stereocenters. The van der Waals surface area contributed by atoms with Crippen molar-refractivity contribution in [2.24, 2.45) is 5.92 Å². The molecule has 0 N–H and O–H groups in total. The minimum atomic E-state index is -0.167. The van der Waals surface area contributed by atoms with E-state index in [9.17, 15) is 4.79 Å². The van der Waals surface area contributed by atoms with Crippen LogP contribution >= 0.6 is 12.6 Å². The molecule has 1 aliphatic carbocycles. The van der Waals surface area contributed by atoms with Gasteiger partial charge in [-0.2, -0.15) is 12.6 Å². The molecule has 0 heterocycles. The molecule has 0 spiro atoms. The molecule has 0 aromatic rings. The van der Waals surface area contributed by atoms with Crippen molar-refractivity contribution in [3.05, 3.63) is 0 Å². The monoisotopic (exact) mass is 216 g/mol. The molecule has 0 unspecified atom stereocenters. The predicted molar refractivity (Wildman–Crippen MR) is 60.6 cm³/mol. The number of rotatable bonds is 4. The minimum Gasteiger partial charge on any atom is -0.459 e. The summed E-state index contributed by atoms with van der Waals surface area (Å²) in [6, 6.07) is 0. The minimum absolute atomic E-state index is 0.0874. The lowest BCUT2D eigenvalue weighted by Gasteiger charge is -2.33. The van der Waals surface area contributed by atoms with E-state index in [1.54, 1.807) is 0 Å². The highest BCUT2D eigenvalue weighted by atomic mass is 32.1. The molecule has 0 aromatic carbocycles. The number of carbonyl (C=O) groups is 1. The predicted octanol–water partition coefficient (Wildman–Crippen LogP) is 2.82. The van der Waals surface area contributed by atoms with Crippen molar-refractivity contribution in [3.8, 4) is 0 Å². The third-order valence-corrected chi connectivity index (χ3v) is 3.36. The summed E-state index contributed by atoms with van der Waals surface area (Å²) in [5.41, 5.74) is -0.167. The van der Waals surface area contributed by atoms with Crippen LogP contribution in [-0.4, -0.2) is 17.3 Å². The maximum Gasteiger partial charge on any atom is 0.307 e. The molecule has 1 aliphatic rings. The van der Waals surface area contributed by atoms with Crippen LogP contribution in [0.2, 0.25) is 0 Å². The molecule has 0 aromatic heterocycles. The summed E-state index contributed by atoms with van der Waals surface area (Å²) in [6.07, 6.45) is 4.86. The molecule has 82 valence electrons. The van der Waals surface area contributed by atoms with Gasteiger partial charge in [-0.1, -0.05) is 13.8 Å². The second kappa shape index (κ2) is 5.06. The second-order valence-corrected chi connectivity index (χ2v) is 4.82. The first-order valence-corrected chi connectivity index (χ1v) is 6.07. The SMILES string of the molecule is CC(C)C1(OC(=O)CCS)CCCC1. The average molecular weight is 216 g/mol. The summed E-state index contributed by atoms with van der Waals surface area (Å²) in [6.45, 7) is 4.28. The first-order chi connectivity index (χ1) is 6.60. The molecule has 1 saturated carbocycles. The standard InChI is InChI=1S/C11H20O2S/c1-9(2)11(6-3-4-7-11)13-10(12)5-8-14/h9,14H,3-8H2,1-2H3. The molecule has 14 heavy (non-hydrogen) atoms. The van der Waals surface area contributed by atoms with Gasteiger partial charge in [-0.15, -0.1) is 0 Å². The Hall–Kier alpha value is -0.180. The summed E-state index contributed by atoms with van der Waals surface area (Å²) in [5.74, 6) is 0.914. The van der Waals surface area contributed by atoms with Crippen LogP contribution in [-0.2, 0) is 9.53 Å². The summed E-state index contributed by atoms with van der Waals surface area (Å²) < 4.78 is 5.61. The lowest BCUT2D eigenvalue weighted by atomic mass is 9.88. The zero-order valence-corrected chi connectivity index (χ0v) is 9.98. The Morgan fingerprint density at radius 3 is 2.43 bits per heavy atom. The normalized spacial score (nSPS) is 20.0.